The number of fused-ring (bicyclic) bond motifs is 1. The lowest BCUT2D eigenvalue weighted by molar-refractivity contribution is 0.355. The van der Waals surface area contributed by atoms with Gasteiger partial charge in [0.15, 0.2) is 11.5 Å². The molecular formula is C11H13N3O2. The Kier molecular flexibility index (Phi) is 2.52. The first kappa shape index (κ1) is 10.5. The van der Waals surface area contributed by atoms with Crippen LogP contribution in [-0.4, -0.2) is 24.2 Å². The highest BCUT2D eigenvalue weighted by Crippen LogP contribution is 2.32. The molecule has 16 heavy (non-hydrogen) atoms. The molecule has 0 aliphatic carbocycles. The number of aromatic nitrogens is 2. The quantitative estimate of drug-likeness (QED) is 0.829. The molecule has 0 amide bonds. The third-order valence-corrected chi connectivity index (χ3v) is 2.41. The van der Waals surface area contributed by atoms with Gasteiger partial charge in [0.25, 0.3) is 0 Å². The molecule has 1 heterocycles. The van der Waals surface area contributed by atoms with Crippen LogP contribution in [0.3, 0.4) is 0 Å². The molecular weight excluding hydrogens is 206 g/mol. The van der Waals surface area contributed by atoms with E-state index in [9.17, 15) is 0 Å². The zero-order valence-corrected chi connectivity index (χ0v) is 9.44. The number of methoxy groups -OCH3 is 2. The van der Waals surface area contributed by atoms with Gasteiger partial charge in [-0.05, 0) is 13.0 Å². The molecule has 0 saturated heterocycles. The van der Waals surface area contributed by atoms with Crippen molar-refractivity contribution in [3.05, 3.63) is 17.8 Å². The topological polar surface area (TPSA) is 70.3 Å². The first-order valence-electron chi connectivity index (χ1n) is 4.81. The Morgan fingerprint density at radius 1 is 1.06 bits per heavy atom. The Morgan fingerprint density at radius 2 is 1.69 bits per heavy atom. The minimum absolute atomic E-state index is 0.261. The van der Waals surface area contributed by atoms with E-state index in [0.717, 1.165) is 16.6 Å². The molecule has 0 aliphatic rings. The van der Waals surface area contributed by atoms with E-state index in [4.69, 9.17) is 15.2 Å². The molecule has 0 bridgehead atoms. The van der Waals surface area contributed by atoms with E-state index < -0.39 is 0 Å². The highest BCUT2D eigenvalue weighted by Gasteiger charge is 2.09. The molecule has 84 valence electrons. The summed E-state index contributed by atoms with van der Waals surface area (Å²) in [4.78, 5) is 8.25. The van der Waals surface area contributed by atoms with Crippen LogP contribution < -0.4 is 15.2 Å². The van der Waals surface area contributed by atoms with Gasteiger partial charge in [-0.25, -0.2) is 9.97 Å². The predicted octanol–water partition coefficient (Wildman–Crippen LogP) is 1.54. The SMILES string of the molecule is COc1cc2nc(N)nc(C)c2cc1OC. The maximum Gasteiger partial charge on any atom is 0.220 e. The number of aryl methyl sites for hydroxylation is 1. The number of benzene rings is 1. The third-order valence-electron chi connectivity index (χ3n) is 2.41. The number of anilines is 1. The van der Waals surface area contributed by atoms with Crippen LogP contribution in [0.4, 0.5) is 5.95 Å². The fourth-order valence-electron chi connectivity index (χ4n) is 1.63. The molecule has 0 atom stereocenters. The second-order valence-electron chi connectivity index (χ2n) is 3.39. The van der Waals surface area contributed by atoms with Gasteiger partial charge in [0, 0.05) is 11.5 Å². The van der Waals surface area contributed by atoms with Crippen LogP contribution in [-0.2, 0) is 0 Å². The first-order chi connectivity index (χ1) is 7.65. The van der Waals surface area contributed by atoms with Crippen molar-refractivity contribution in [2.24, 2.45) is 0 Å². The van der Waals surface area contributed by atoms with E-state index in [-0.39, 0.29) is 5.95 Å². The number of nitrogens with two attached hydrogens (primary N) is 1. The number of rotatable bonds is 2. The number of hydrogen-bond donors (Lipinski definition) is 1. The minimum atomic E-state index is 0.261. The summed E-state index contributed by atoms with van der Waals surface area (Å²) in [5, 5.41) is 0.909. The van der Waals surface area contributed by atoms with Crippen molar-refractivity contribution in [2.75, 3.05) is 20.0 Å². The molecule has 0 fully saturated rings. The molecule has 2 aromatic rings. The normalized spacial score (nSPS) is 10.4. The molecule has 2 N–H and O–H groups in total. The van der Waals surface area contributed by atoms with E-state index >= 15 is 0 Å². The fraction of sp³-hybridized carbons (Fsp3) is 0.273. The monoisotopic (exact) mass is 219 g/mol. The predicted molar refractivity (Wildman–Crippen MR) is 61.8 cm³/mol. The van der Waals surface area contributed by atoms with Crippen LogP contribution >= 0.6 is 0 Å². The van der Waals surface area contributed by atoms with Crippen molar-refractivity contribution in [3.8, 4) is 11.5 Å². The second kappa shape index (κ2) is 3.84. The van der Waals surface area contributed by atoms with E-state index in [1.807, 2.05) is 13.0 Å². The lowest BCUT2D eigenvalue weighted by Crippen LogP contribution is -1.99. The number of nitrogens with zero attached hydrogens (tertiary/aromatic N) is 2. The molecule has 5 nitrogen and oxygen atoms in total. The second-order valence-corrected chi connectivity index (χ2v) is 3.39. The third kappa shape index (κ3) is 1.60. The molecule has 2 rings (SSSR count). The van der Waals surface area contributed by atoms with Crippen molar-refractivity contribution in [1.29, 1.82) is 0 Å². The molecule has 5 heteroatoms. The molecule has 1 aromatic heterocycles. The Morgan fingerprint density at radius 3 is 2.31 bits per heavy atom. The van der Waals surface area contributed by atoms with Crippen LogP contribution in [0.5, 0.6) is 11.5 Å². The summed E-state index contributed by atoms with van der Waals surface area (Å²) in [7, 11) is 3.18. The summed E-state index contributed by atoms with van der Waals surface area (Å²) < 4.78 is 10.4. The van der Waals surface area contributed by atoms with Crippen LogP contribution in [0, 0.1) is 6.92 Å². The van der Waals surface area contributed by atoms with Crippen LogP contribution in [0.15, 0.2) is 12.1 Å². The molecule has 0 radical (unpaired) electrons. The van der Waals surface area contributed by atoms with Gasteiger partial charge in [-0.1, -0.05) is 0 Å². The standard InChI is InChI=1S/C11H13N3O2/c1-6-7-4-9(15-2)10(16-3)5-8(7)14-11(12)13-6/h4-5H,1-3H3,(H2,12,13,14). The fourth-order valence-corrected chi connectivity index (χ4v) is 1.63. The maximum atomic E-state index is 5.59. The van der Waals surface area contributed by atoms with Gasteiger partial charge >= 0.3 is 0 Å². The van der Waals surface area contributed by atoms with E-state index in [1.54, 1.807) is 20.3 Å². The summed E-state index contributed by atoms with van der Waals surface area (Å²) in [6.45, 7) is 1.88. The maximum absolute atomic E-state index is 5.59. The number of hydrogen-bond acceptors (Lipinski definition) is 5. The van der Waals surface area contributed by atoms with Crippen LogP contribution in [0.25, 0.3) is 10.9 Å². The summed E-state index contributed by atoms with van der Waals surface area (Å²) in [5.74, 6) is 1.55. The van der Waals surface area contributed by atoms with Crippen molar-refractivity contribution < 1.29 is 9.47 Å². The lowest BCUT2D eigenvalue weighted by atomic mass is 10.1. The van der Waals surface area contributed by atoms with Gasteiger partial charge in [-0.2, -0.15) is 0 Å². The average Bonchev–Trinajstić information content (AvgIpc) is 2.27. The van der Waals surface area contributed by atoms with Crippen molar-refractivity contribution in [3.63, 3.8) is 0 Å². The van der Waals surface area contributed by atoms with E-state index in [1.165, 1.54) is 0 Å². The summed E-state index contributed by atoms with van der Waals surface area (Å²) >= 11 is 0. The molecule has 0 aliphatic heterocycles. The molecule has 0 unspecified atom stereocenters. The van der Waals surface area contributed by atoms with E-state index in [0.29, 0.717) is 11.5 Å². The Balaban J connectivity index is 2.78. The van der Waals surface area contributed by atoms with Gasteiger partial charge in [0.05, 0.1) is 25.4 Å². The van der Waals surface area contributed by atoms with Gasteiger partial charge in [0.1, 0.15) is 0 Å². The highest BCUT2D eigenvalue weighted by atomic mass is 16.5. The first-order valence-corrected chi connectivity index (χ1v) is 4.81. The molecule has 0 spiro atoms. The zero-order valence-electron chi connectivity index (χ0n) is 9.44. The van der Waals surface area contributed by atoms with Crippen LogP contribution in [0.1, 0.15) is 5.69 Å². The van der Waals surface area contributed by atoms with Crippen LogP contribution in [0.2, 0.25) is 0 Å². The molecule has 1 aromatic carbocycles. The largest absolute Gasteiger partial charge is 0.493 e. The Labute approximate surface area is 93.2 Å². The van der Waals surface area contributed by atoms with Gasteiger partial charge in [0.2, 0.25) is 5.95 Å². The number of nitrogen functional groups attached to an aromatic ring is 1. The minimum Gasteiger partial charge on any atom is -0.493 e. The van der Waals surface area contributed by atoms with Gasteiger partial charge in [-0.15, -0.1) is 0 Å². The Hall–Kier alpha value is -2.04. The van der Waals surface area contributed by atoms with Gasteiger partial charge in [-0.3, -0.25) is 0 Å². The Bertz CT molecular complexity index is 540. The smallest absolute Gasteiger partial charge is 0.220 e. The highest BCUT2D eigenvalue weighted by molar-refractivity contribution is 5.85. The molecule has 0 saturated carbocycles. The number of ether oxygens (including phenoxy) is 2. The van der Waals surface area contributed by atoms with E-state index in [2.05, 4.69) is 9.97 Å². The van der Waals surface area contributed by atoms with Crippen molar-refractivity contribution >= 4 is 16.9 Å². The van der Waals surface area contributed by atoms with Crippen molar-refractivity contribution in [1.82, 2.24) is 9.97 Å². The lowest BCUT2D eigenvalue weighted by Gasteiger charge is -2.09. The summed E-state index contributed by atoms with van der Waals surface area (Å²) in [6, 6.07) is 3.64. The van der Waals surface area contributed by atoms with Gasteiger partial charge < -0.3 is 15.2 Å². The summed E-state index contributed by atoms with van der Waals surface area (Å²) in [6.07, 6.45) is 0. The summed E-state index contributed by atoms with van der Waals surface area (Å²) in [5.41, 5.74) is 7.17. The zero-order chi connectivity index (χ0) is 11.7. The van der Waals surface area contributed by atoms with Crippen molar-refractivity contribution in [2.45, 2.75) is 6.92 Å². The average molecular weight is 219 g/mol.